The van der Waals surface area contributed by atoms with Crippen molar-refractivity contribution in [2.45, 2.75) is 39.5 Å². The van der Waals surface area contributed by atoms with Gasteiger partial charge in [-0.1, -0.05) is 19.8 Å². The highest BCUT2D eigenvalue weighted by atomic mass is 16.5. The second-order valence-corrected chi connectivity index (χ2v) is 5.42. The van der Waals surface area contributed by atoms with Gasteiger partial charge in [0.05, 0.1) is 12.5 Å². The fourth-order valence-electron chi connectivity index (χ4n) is 3.45. The Morgan fingerprint density at radius 3 is 2.75 bits per heavy atom. The minimum Gasteiger partial charge on any atom is -0.466 e. The van der Waals surface area contributed by atoms with Gasteiger partial charge in [-0.3, -0.25) is 4.79 Å². The van der Waals surface area contributed by atoms with Gasteiger partial charge in [0.2, 0.25) is 0 Å². The first-order valence-electron chi connectivity index (χ1n) is 6.56. The van der Waals surface area contributed by atoms with E-state index in [0.717, 1.165) is 13.1 Å². The van der Waals surface area contributed by atoms with Crippen molar-refractivity contribution in [3.05, 3.63) is 0 Å². The van der Waals surface area contributed by atoms with Gasteiger partial charge < -0.3 is 10.1 Å². The first kappa shape index (κ1) is 11.9. The van der Waals surface area contributed by atoms with Crippen LogP contribution < -0.4 is 5.32 Å². The van der Waals surface area contributed by atoms with Gasteiger partial charge in [0.1, 0.15) is 0 Å². The molecule has 1 saturated heterocycles. The highest BCUT2D eigenvalue weighted by Gasteiger charge is 2.49. The van der Waals surface area contributed by atoms with Crippen molar-refractivity contribution in [2.75, 3.05) is 19.7 Å². The molecular formula is C13H23NO2. The number of hydrogen-bond donors (Lipinski definition) is 1. The maximum atomic E-state index is 12.0. The Kier molecular flexibility index (Phi) is 3.53. The third-order valence-electron chi connectivity index (χ3n) is 4.51. The molecule has 0 aromatic carbocycles. The molecule has 1 saturated carbocycles. The molecule has 1 aliphatic carbocycles. The van der Waals surface area contributed by atoms with Crippen LogP contribution in [0.2, 0.25) is 0 Å². The average Bonchev–Trinajstić information content (AvgIpc) is 2.86. The summed E-state index contributed by atoms with van der Waals surface area (Å²) < 4.78 is 5.20. The third-order valence-corrected chi connectivity index (χ3v) is 4.51. The van der Waals surface area contributed by atoms with Crippen molar-refractivity contribution in [1.82, 2.24) is 5.32 Å². The molecule has 2 atom stereocenters. The standard InChI is InChI=1S/C13H23NO2/c1-3-16-12(15)11-8-14-9-13(11,2)10-6-4-5-7-10/h10-11,14H,3-9H2,1-2H3. The SMILES string of the molecule is CCOC(=O)C1CNCC1(C)C1CCCC1. The smallest absolute Gasteiger partial charge is 0.310 e. The molecule has 0 aromatic rings. The summed E-state index contributed by atoms with van der Waals surface area (Å²) in [4.78, 5) is 12.0. The van der Waals surface area contributed by atoms with E-state index in [2.05, 4.69) is 12.2 Å². The average molecular weight is 225 g/mol. The molecule has 0 spiro atoms. The Morgan fingerprint density at radius 2 is 2.12 bits per heavy atom. The lowest BCUT2D eigenvalue weighted by molar-refractivity contribution is -0.151. The predicted octanol–water partition coefficient (Wildman–Crippen LogP) is 1.97. The van der Waals surface area contributed by atoms with Crippen LogP contribution in [0.5, 0.6) is 0 Å². The maximum Gasteiger partial charge on any atom is 0.310 e. The normalized spacial score (nSPS) is 35.5. The van der Waals surface area contributed by atoms with Crippen LogP contribution in [0.3, 0.4) is 0 Å². The molecule has 2 rings (SSSR count). The molecule has 0 bridgehead atoms. The molecule has 3 nitrogen and oxygen atoms in total. The molecule has 2 fully saturated rings. The van der Waals surface area contributed by atoms with Crippen molar-refractivity contribution < 1.29 is 9.53 Å². The lowest BCUT2D eigenvalue weighted by atomic mass is 9.69. The molecule has 1 heterocycles. The van der Waals surface area contributed by atoms with E-state index < -0.39 is 0 Å². The van der Waals surface area contributed by atoms with Crippen molar-refractivity contribution in [1.29, 1.82) is 0 Å². The Bertz CT molecular complexity index is 261. The Hall–Kier alpha value is -0.570. The van der Waals surface area contributed by atoms with Gasteiger partial charge in [-0.15, -0.1) is 0 Å². The number of carbonyl (C=O) groups is 1. The molecule has 0 radical (unpaired) electrons. The highest BCUT2D eigenvalue weighted by molar-refractivity contribution is 5.74. The summed E-state index contributed by atoms with van der Waals surface area (Å²) in [5.74, 6) is 0.773. The van der Waals surface area contributed by atoms with E-state index >= 15 is 0 Å². The molecule has 1 aliphatic heterocycles. The summed E-state index contributed by atoms with van der Waals surface area (Å²) >= 11 is 0. The van der Waals surface area contributed by atoms with E-state index in [0.29, 0.717) is 12.5 Å². The zero-order valence-electron chi connectivity index (χ0n) is 10.4. The number of carbonyl (C=O) groups excluding carboxylic acids is 1. The largest absolute Gasteiger partial charge is 0.466 e. The quantitative estimate of drug-likeness (QED) is 0.746. The minimum atomic E-state index is 0.00176. The Labute approximate surface area is 97.9 Å². The molecule has 0 aromatic heterocycles. The van der Waals surface area contributed by atoms with Gasteiger partial charge >= 0.3 is 5.97 Å². The van der Waals surface area contributed by atoms with E-state index in [1.165, 1.54) is 25.7 Å². The molecule has 0 amide bonds. The van der Waals surface area contributed by atoms with Crippen LogP contribution in [0.4, 0.5) is 0 Å². The van der Waals surface area contributed by atoms with Crippen molar-refractivity contribution in [3.8, 4) is 0 Å². The van der Waals surface area contributed by atoms with Crippen molar-refractivity contribution in [2.24, 2.45) is 17.3 Å². The van der Waals surface area contributed by atoms with E-state index in [1.807, 2.05) is 6.92 Å². The Balaban J connectivity index is 2.08. The Morgan fingerprint density at radius 1 is 1.44 bits per heavy atom. The summed E-state index contributed by atoms with van der Waals surface area (Å²) in [6.07, 6.45) is 5.23. The monoisotopic (exact) mass is 225 g/mol. The fourth-order valence-corrected chi connectivity index (χ4v) is 3.45. The van der Waals surface area contributed by atoms with E-state index in [9.17, 15) is 4.79 Å². The second kappa shape index (κ2) is 4.74. The highest BCUT2D eigenvalue weighted by Crippen LogP contribution is 2.46. The molecule has 3 heteroatoms. The topological polar surface area (TPSA) is 38.3 Å². The molecule has 16 heavy (non-hydrogen) atoms. The summed E-state index contributed by atoms with van der Waals surface area (Å²) in [6, 6.07) is 0. The third kappa shape index (κ3) is 1.97. The zero-order chi connectivity index (χ0) is 11.6. The van der Waals surface area contributed by atoms with Crippen LogP contribution in [-0.4, -0.2) is 25.7 Å². The lowest BCUT2D eigenvalue weighted by Crippen LogP contribution is -2.38. The number of rotatable bonds is 3. The van der Waals surface area contributed by atoms with Gasteiger partial charge in [0.25, 0.3) is 0 Å². The second-order valence-electron chi connectivity index (χ2n) is 5.42. The number of hydrogen-bond acceptors (Lipinski definition) is 3. The van der Waals surface area contributed by atoms with E-state index in [-0.39, 0.29) is 17.3 Å². The van der Waals surface area contributed by atoms with Gasteiger partial charge in [0.15, 0.2) is 0 Å². The predicted molar refractivity (Wildman–Crippen MR) is 63.1 cm³/mol. The van der Waals surface area contributed by atoms with Gasteiger partial charge in [-0.05, 0) is 31.1 Å². The van der Waals surface area contributed by atoms with Gasteiger partial charge in [-0.25, -0.2) is 0 Å². The first-order valence-corrected chi connectivity index (χ1v) is 6.56. The number of nitrogens with one attached hydrogen (secondary N) is 1. The lowest BCUT2D eigenvalue weighted by Gasteiger charge is -2.35. The van der Waals surface area contributed by atoms with E-state index in [4.69, 9.17) is 4.74 Å². The van der Waals surface area contributed by atoms with Gasteiger partial charge in [-0.2, -0.15) is 0 Å². The summed E-state index contributed by atoms with van der Waals surface area (Å²) in [5.41, 5.74) is 0.128. The molecule has 2 unspecified atom stereocenters. The molecule has 1 N–H and O–H groups in total. The summed E-state index contributed by atoms with van der Waals surface area (Å²) in [6.45, 7) is 6.42. The fraction of sp³-hybridized carbons (Fsp3) is 0.923. The minimum absolute atomic E-state index is 0.00176. The first-order chi connectivity index (χ1) is 7.68. The van der Waals surface area contributed by atoms with Crippen LogP contribution >= 0.6 is 0 Å². The van der Waals surface area contributed by atoms with Crippen LogP contribution in [-0.2, 0) is 9.53 Å². The molecular weight excluding hydrogens is 202 g/mol. The van der Waals surface area contributed by atoms with Crippen molar-refractivity contribution >= 4 is 5.97 Å². The molecule has 92 valence electrons. The number of ether oxygens (including phenoxy) is 1. The van der Waals surface area contributed by atoms with Crippen LogP contribution in [0.1, 0.15) is 39.5 Å². The van der Waals surface area contributed by atoms with Gasteiger partial charge in [0, 0.05) is 13.1 Å². The van der Waals surface area contributed by atoms with Crippen molar-refractivity contribution in [3.63, 3.8) is 0 Å². The molecule has 2 aliphatic rings. The maximum absolute atomic E-state index is 12.0. The van der Waals surface area contributed by atoms with Crippen LogP contribution in [0, 0.1) is 17.3 Å². The number of esters is 1. The van der Waals surface area contributed by atoms with Crippen LogP contribution in [0.15, 0.2) is 0 Å². The zero-order valence-corrected chi connectivity index (χ0v) is 10.4. The van der Waals surface area contributed by atoms with E-state index in [1.54, 1.807) is 0 Å². The summed E-state index contributed by atoms with van der Waals surface area (Å²) in [7, 11) is 0. The summed E-state index contributed by atoms with van der Waals surface area (Å²) in [5, 5.41) is 3.38. The van der Waals surface area contributed by atoms with Crippen LogP contribution in [0.25, 0.3) is 0 Å².